The Morgan fingerprint density at radius 1 is 0.972 bits per heavy atom. The van der Waals surface area contributed by atoms with Gasteiger partial charge in [-0.25, -0.2) is 9.78 Å². The number of anilines is 3. The molecule has 1 aliphatic rings. The van der Waals surface area contributed by atoms with Crippen molar-refractivity contribution >= 4 is 34.1 Å². The first-order chi connectivity index (χ1) is 17.3. The molecule has 0 aliphatic carbocycles. The zero-order valence-corrected chi connectivity index (χ0v) is 19.4. The Bertz CT molecular complexity index is 1380. The maximum atomic E-state index is 13.4. The number of urea groups is 1. The Kier molecular flexibility index (Phi) is 6.23. The number of alkyl halides is 3. The highest BCUT2D eigenvalue weighted by atomic mass is 19.4. The molecule has 0 atom stereocenters. The number of fused-ring (bicyclic) bond motifs is 1. The average molecular weight is 496 g/mol. The van der Waals surface area contributed by atoms with Crippen LogP contribution >= 0.6 is 0 Å². The molecule has 0 bridgehead atoms. The number of likely N-dealkylation sites (N-methyl/N-ethyl adjacent to an activating group) is 1. The maximum Gasteiger partial charge on any atom is 0.435 e. The van der Waals surface area contributed by atoms with Gasteiger partial charge in [0.15, 0.2) is 11.3 Å². The summed E-state index contributed by atoms with van der Waals surface area (Å²) in [6.45, 7) is 3.63. The number of amides is 2. The Morgan fingerprint density at radius 3 is 2.42 bits per heavy atom. The molecule has 3 heterocycles. The normalized spacial score (nSPS) is 14.7. The zero-order valence-electron chi connectivity index (χ0n) is 19.4. The van der Waals surface area contributed by atoms with E-state index in [4.69, 9.17) is 0 Å². The second-order valence-corrected chi connectivity index (χ2v) is 8.62. The van der Waals surface area contributed by atoms with Crippen LogP contribution in [0.1, 0.15) is 5.69 Å². The lowest BCUT2D eigenvalue weighted by molar-refractivity contribution is -0.139. The largest absolute Gasteiger partial charge is 0.435 e. The summed E-state index contributed by atoms with van der Waals surface area (Å²) in [6.07, 6.45) is -3.19. The third-order valence-electron chi connectivity index (χ3n) is 6.18. The van der Waals surface area contributed by atoms with Crippen LogP contribution in [0.2, 0.25) is 0 Å². The van der Waals surface area contributed by atoms with Gasteiger partial charge in [0.05, 0.1) is 16.8 Å². The van der Waals surface area contributed by atoms with Crippen molar-refractivity contribution in [1.82, 2.24) is 20.1 Å². The highest BCUT2D eigenvalue weighted by Gasteiger charge is 2.37. The van der Waals surface area contributed by atoms with E-state index in [1.165, 1.54) is 12.3 Å². The number of rotatable bonds is 4. The van der Waals surface area contributed by atoms with Crippen molar-refractivity contribution in [2.45, 2.75) is 6.18 Å². The molecule has 4 aromatic rings. The third kappa shape index (κ3) is 4.82. The summed E-state index contributed by atoms with van der Waals surface area (Å²) in [4.78, 5) is 21.2. The van der Waals surface area contributed by atoms with Crippen LogP contribution in [0.4, 0.5) is 35.0 Å². The molecule has 11 heteroatoms. The lowest BCUT2D eigenvalue weighted by Gasteiger charge is -2.35. The minimum absolute atomic E-state index is 0.0559. The number of carbonyl (C=O) groups is 1. The number of hydrogen-bond acceptors (Lipinski definition) is 5. The molecule has 5 rings (SSSR count). The summed E-state index contributed by atoms with van der Waals surface area (Å²) in [5.41, 5.74) is 2.09. The van der Waals surface area contributed by atoms with E-state index < -0.39 is 17.9 Å². The Labute approximate surface area is 205 Å². The van der Waals surface area contributed by atoms with Crippen molar-refractivity contribution < 1.29 is 18.0 Å². The molecule has 186 valence electrons. The summed E-state index contributed by atoms with van der Waals surface area (Å²) >= 11 is 0. The van der Waals surface area contributed by atoms with Gasteiger partial charge in [0.2, 0.25) is 0 Å². The average Bonchev–Trinajstić information content (AvgIpc) is 3.31. The molecular weight excluding hydrogens is 471 g/mol. The summed E-state index contributed by atoms with van der Waals surface area (Å²) in [5, 5.41) is 11.4. The number of para-hydroxylation sites is 2. The van der Waals surface area contributed by atoms with E-state index >= 15 is 0 Å². The number of aromatic nitrogens is 3. The molecule has 2 amide bonds. The molecule has 1 aliphatic heterocycles. The fourth-order valence-electron chi connectivity index (χ4n) is 4.32. The molecule has 2 aromatic carbocycles. The number of benzene rings is 2. The molecule has 36 heavy (non-hydrogen) atoms. The van der Waals surface area contributed by atoms with E-state index in [0.717, 1.165) is 31.9 Å². The minimum atomic E-state index is -4.62. The number of aromatic amines is 1. The zero-order chi connectivity index (χ0) is 25.3. The monoisotopic (exact) mass is 495 g/mol. The molecule has 0 saturated carbocycles. The first kappa shape index (κ1) is 23.6. The van der Waals surface area contributed by atoms with Crippen molar-refractivity contribution in [2.24, 2.45) is 0 Å². The second-order valence-electron chi connectivity index (χ2n) is 8.62. The molecular formula is C25H24F3N7O. The van der Waals surface area contributed by atoms with Crippen LogP contribution in [0.25, 0.3) is 22.2 Å². The van der Waals surface area contributed by atoms with Crippen molar-refractivity contribution in [3.05, 3.63) is 66.5 Å². The van der Waals surface area contributed by atoms with Crippen LogP contribution in [0.5, 0.6) is 0 Å². The van der Waals surface area contributed by atoms with E-state index in [1.54, 1.807) is 24.3 Å². The van der Waals surface area contributed by atoms with Crippen LogP contribution in [-0.4, -0.2) is 59.3 Å². The van der Waals surface area contributed by atoms with E-state index in [0.29, 0.717) is 22.5 Å². The molecule has 2 aromatic heterocycles. The van der Waals surface area contributed by atoms with Gasteiger partial charge in [-0.1, -0.05) is 24.3 Å². The molecule has 0 unspecified atom stereocenters. The van der Waals surface area contributed by atoms with Gasteiger partial charge in [0.25, 0.3) is 0 Å². The third-order valence-corrected chi connectivity index (χ3v) is 6.18. The van der Waals surface area contributed by atoms with Crippen molar-refractivity contribution in [2.75, 3.05) is 48.8 Å². The van der Waals surface area contributed by atoms with E-state index in [2.05, 4.69) is 42.7 Å². The topological polar surface area (TPSA) is 89.2 Å². The van der Waals surface area contributed by atoms with Crippen molar-refractivity contribution in [1.29, 1.82) is 0 Å². The van der Waals surface area contributed by atoms with Crippen LogP contribution < -0.4 is 15.5 Å². The summed E-state index contributed by atoms with van der Waals surface area (Å²) in [7, 11) is 2.09. The fourth-order valence-corrected chi connectivity index (χ4v) is 4.32. The van der Waals surface area contributed by atoms with Gasteiger partial charge in [-0.3, -0.25) is 5.10 Å². The lowest BCUT2D eigenvalue weighted by atomic mass is 10.0. The first-order valence-electron chi connectivity index (χ1n) is 11.4. The number of hydrogen-bond donors (Lipinski definition) is 3. The number of pyridine rings is 1. The smallest absolute Gasteiger partial charge is 0.367 e. The molecule has 3 N–H and O–H groups in total. The number of carbonyl (C=O) groups excluding carboxylic acids is 1. The van der Waals surface area contributed by atoms with Gasteiger partial charge in [-0.05, 0) is 48.5 Å². The second kappa shape index (κ2) is 9.50. The molecule has 8 nitrogen and oxygen atoms in total. The highest BCUT2D eigenvalue weighted by Crippen LogP contribution is 2.37. The molecule has 0 spiro atoms. The maximum absolute atomic E-state index is 13.4. The number of nitrogens with one attached hydrogen (secondary N) is 3. The van der Waals surface area contributed by atoms with E-state index in [-0.39, 0.29) is 11.0 Å². The summed E-state index contributed by atoms with van der Waals surface area (Å²) < 4.78 is 40.3. The molecule has 1 fully saturated rings. The van der Waals surface area contributed by atoms with E-state index in [1.807, 2.05) is 24.3 Å². The molecule has 1 saturated heterocycles. The van der Waals surface area contributed by atoms with Gasteiger partial charge in [0.1, 0.15) is 0 Å². The Morgan fingerprint density at radius 2 is 1.69 bits per heavy atom. The highest BCUT2D eigenvalue weighted by molar-refractivity contribution is 6.02. The van der Waals surface area contributed by atoms with Crippen LogP contribution in [-0.2, 0) is 6.18 Å². The predicted octanol–water partition coefficient (Wildman–Crippen LogP) is 5.04. The number of piperazine rings is 1. The summed E-state index contributed by atoms with van der Waals surface area (Å²) in [5.74, 6) is 0. The van der Waals surface area contributed by atoms with Gasteiger partial charge >= 0.3 is 12.2 Å². The quantitative estimate of drug-likeness (QED) is 0.369. The van der Waals surface area contributed by atoms with Gasteiger partial charge in [0, 0.05) is 38.1 Å². The van der Waals surface area contributed by atoms with Crippen molar-refractivity contribution in [3.63, 3.8) is 0 Å². The number of nitrogens with zero attached hydrogens (tertiary/aromatic N) is 4. The van der Waals surface area contributed by atoms with Gasteiger partial charge in [-0.2, -0.15) is 18.3 Å². The van der Waals surface area contributed by atoms with Crippen LogP contribution in [0, 0.1) is 0 Å². The Balaban J connectivity index is 1.32. The van der Waals surface area contributed by atoms with Gasteiger partial charge < -0.3 is 20.4 Å². The summed E-state index contributed by atoms with van der Waals surface area (Å²) in [6, 6.07) is 15.3. The Hall–Kier alpha value is -4.12. The minimum Gasteiger partial charge on any atom is -0.367 e. The SMILES string of the molecule is CN1CCN(c2ccccc2NC(=O)Nc2ccc(-c3ccnc4[nH]nc(C(F)(F)F)c34)cc2)CC1. The molecule has 0 radical (unpaired) electrons. The number of halogens is 3. The van der Waals surface area contributed by atoms with Crippen molar-refractivity contribution in [3.8, 4) is 11.1 Å². The standard InChI is InChI=1S/C25H24F3N7O/c1-34-12-14-35(15-13-34)20-5-3-2-4-19(20)31-24(36)30-17-8-6-16(7-9-17)18-10-11-29-23-21(18)22(32-33-23)25(26,27)28/h2-11H,12-15H2,1H3,(H,29,32,33)(H2,30,31,36). The first-order valence-corrected chi connectivity index (χ1v) is 11.4. The predicted molar refractivity (Wildman–Crippen MR) is 133 cm³/mol. The van der Waals surface area contributed by atoms with Crippen LogP contribution in [0.15, 0.2) is 60.8 Å². The van der Waals surface area contributed by atoms with Gasteiger partial charge in [-0.15, -0.1) is 0 Å². The lowest BCUT2D eigenvalue weighted by Crippen LogP contribution is -2.44. The van der Waals surface area contributed by atoms with Crippen LogP contribution in [0.3, 0.4) is 0 Å². The van der Waals surface area contributed by atoms with E-state index in [9.17, 15) is 18.0 Å². The fraction of sp³-hybridized carbons (Fsp3) is 0.240. The number of H-pyrrole nitrogens is 1.